The Morgan fingerprint density at radius 3 is 2.19 bits per heavy atom. The van der Waals surface area contributed by atoms with Crippen molar-refractivity contribution >= 4 is 32.5 Å². The highest BCUT2D eigenvalue weighted by molar-refractivity contribution is 7.90. The van der Waals surface area contributed by atoms with Crippen LogP contribution in [-0.2, 0) is 53.6 Å². The van der Waals surface area contributed by atoms with E-state index in [0.717, 1.165) is 44.2 Å². The van der Waals surface area contributed by atoms with E-state index in [4.69, 9.17) is 9.47 Å². The fraction of sp³-hybridized carbons (Fsp3) is 0.250. The summed E-state index contributed by atoms with van der Waals surface area (Å²) in [6.07, 6.45) is 0. The van der Waals surface area contributed by atoms with Gasteiger partial charge in [0.25, 0.3) is 0 Å². The molecule has 3 aromatic carbocycles. The van der Waals surface area contributed by atoms with Crippen LogP contribution in [0.1, 0.15) is 36.1 Å². The van der Waals surface area contributed by atoms with E-state index in [0.29, 0.717) is 0 Å². The molecule has 0 fully saturated rings. The summed E-state index contributed by atoms with van der Waals surface area (Å²) in [5, 5.41) is 1.72. The molecule has 0 saturated heterocycles. The highest BCUT2D eigenvalue weighted by atomic mass is 32.2. The van der Waals surface area contributed by atoms with Gasteiger partial charge in [-0.3, -0.25) is 9.59 Å². The summed E-state index contributed by atoms with van der Waals surface area (Å²) >= 11 is 0. The van der Waals surface area contributed by atoms with Crippen molar-refractivity contribution < 1.29 is 27.5 Å². The number of sulfone groups is 1. The predicted molar refractivity (Wildman–Crippen MR) is 117 cm³/mol. The smallest absolute Gasteiger partial charge is 0.302 e. The third-order valence-corrected chi connectivity index (χ3v) is 6.84. The van der Waals surface area contributed by atoms with Crippen LogP contribution in [0.2, 0.25) is 0 Å². The van der Waals surface area contributed by atoms with Crippen LogP contribution in [0, 0.1) is 0 Å². The van der Waals surface area contributed by atoms with Gasteiger partial charge in [0, 0.05) is 13.8 Å². The maximum atomic E-state index is 12.5. The minimum absolute atomic E-state index is 0.0285. The molecule has 1 heterocycles. The molecule has 7 heteroatoms. The van der Waals surface area contributed by atoms with Crippen LogP contribution in [0.3, 0.4) is 0 Å². The van der Waals surface area contributed by atoms with E-state index in [1.165, 1.54) is 13.8 Å². The fourth-order valence-electron chi connectivity index (χ4n) is 4.07. The standard InChI is InChI=1S/C24H22O6S/c1-15(25)29-11-17-6-3-4-8-20(17)24-21-9-5-7-18(12-30-16(2)26)22(21)10-19-13-31(27,28)14-23(19)24/h3-10H,11-14H2,1-2H3. The second-order valence-electron chi connectivity index (χ2n) is 7.65. The maximum absolute atomic E-state index is 12.5. The van der Waals surface area contributed by atoms with Gasteiger partial charge in [0.15, 0.2) is 9.84 Å². The number of carbonyl (C=O) groups is 2. The number of hydrogen-bond donors (Lipinski definition) is 0. The Hall–Kier alpha value is -3.19. The molecule has 0 unspecified atom stereocenters. The summed E-state index contributed by atoms with van der Waals surface area (Å²) in [5.41, 5.74) is 4.77. The minimum atomic E-state index is -3.26. The first kappa shape index (κ1) is 21.1. The Labute approximate surface area is 180 Å². The molecule has 0 spiro atoms. The van der Waals surface area contributed by atoms with E-state index in [1.807, 2.05) is 48.5 Å². The molecule has 160 valence electrons. The normalized spacial score (nSPS) is 14.3. The highest BCUT2D eigenvalue weighted by Crippen LogP contribution is 2.42. The van der Waals surface area contributed by atoms with Gasteiger partial charge in [0.05, 0.1) is 11.5 Å². The molecule has 0 aromatic heterocycles. The van der Waals surface area contributed by atoms with Gasteiger partial charge in [-0.1, -0.05) is 42.5 Å². The third kappa shape index (κ3) is 4.32. The van der Waals surface area contributed by atoms with Crippen LogP contribution < -0.4 is 0 Å². The number of carbonyl (C=O) groups excluding carboxylic acids is 2. The lowest BCUT2D eigenvalue weighted by atomic mass is 9.87. The first-order valence-corrected chi connectivity index (χ1v) is 11.7. The molecule has 0 saturated carbocycles. The molecule has 31 heavy (non-hydrogen) atoms. The largest absolute Gasteiger partial charge is 0.461 e. The van der Waals surface area contributed by atoms with Gasteiger partial charge in [-0.05, 0) is 50.2 Å². The van der Waals surface area contributed by atoms with Crippen molar-refractivity contribution in [3.8, 4) is 11.1 Å². The number of esters is 2. The molecule has 3 aromatic rings. The lowest BCUT2D eigenvalue weighted by Gasteiger charge is -2.18. The molecule has 0 radical (unpaired) electrons. The van der Waals surface area contributed by atoms with Gasteiger partial charge in [-0.2, -0.15) is 0 Å². The quantitative estimate of drug-likeness (QED) is 0.559. The van der Waals surface area contributed by atoms with E-state index in [9.17, 15) is 18.0 Å². The number of rotatable bonds is 5. The van der Waals surface area contributed by atoms with Crippen molar-refractivity contribution in [2.75, 3.05) is 0 Å². The van der Waals surface area contributed by atoms with E-state index < -0.39 is 9.84 Å². The summed E-state index contributed by atoms with van der Waals surface area (Å²) in [4.78, 5) is 22.7. The van der Waals surface area contributed by atoms with Gasteiger partial charge in [-0.25, -0.2) is 8.42 Å². The zero-order valence-corrected chi connectivity index (χ0v) is 18.1. The second kappa shape index (κ2) is 8.15. The van der Waals surface area contributed by atoms with Crippen LogP contribution in [-0.4, -0.2) is 20.4 Å². The summed E-state index contributed by atoms with van der Waals surface area (Å²) in [7, 11) is -3.26. The van der Waals surface area contributed by atoms with E-state index in [1.54, 1.807) is 0 Å². The summed E-state index contributed by atoms with van der Waals surface area (Å²) < 4.78 is 35.5. The van der Waals surface area contributed by atoms with Gasteiger partial charge in [0.2, 0.25) is 0 Å². The molecule has 4 rings (SSSR count). The summed E-state index contributed by atoms with van der Waals surface area (Å²) in [6, 6.07) is 15.1. The number of fused-ring (bicyclic) bond motifs is 2. The molecular weight excluding hydrogens is 416 g/mol. The van der Waals surface area contributed by atoms with E-state index in [-0.39, 0.29) is 36.7 Å². The van der Waals surface area contributed by atoms with Crippen molar-refractivity contribution in [3.63, 3.8) is 0 Å². The van der Waals surface area contributed by atoms with Crippen LogP contribution in [0.4, 0.5) is 0 Å². The Morgan fingerprint density at radius 1 is 0.839 bits per heavy atom. The lowest BCUT2D eigenvalue weighted by molar-refractivity contribution is -0.143. The van der Waals surface area contributed by atoms with Crippen molar-refractivity contribution in [1.29, 1.82) is 0 Å². The molecule has 0 N–H and O–H groups in total. The Balaban J connectivity index is 1.98. The molecule has 6 nitrogen and oxygen atoms in total. The van der Waals surface area contributed by atoms with Crippen molar-refractivity contribution in [3.05, 3.63) is 70.8 Å². The Bertz CT molecular complexity index is 1310. The number of benzene rings is 3. The summed E-state index contributed by atoms with van der Waals surface area (Å²) in [5.74, 6) is -0.833. The first-order valence-electron chi connectivity index (χ1n) is 9.87. The molecule has 0 atom stereocenters. The highest BCUT2D eigenvalue weighted by Gasteiger charge is 2.30. The number of ether oxygens (including phenoxy) is 2. The predicted octanol–water partition coefficient (Wildman–Crippen LogP) is 4.06. The Morgan fingerprint density at radius 2 is 1.48 bits per heavy atom. The SMILES string of the molecule is CC(=O)OCc1ccccc1-c1c2c(cc3c(COC(C)=O)cccc13)CS(=O)(=O)C2. The second-order valence-corrected chi connectivity index (χ2v) is 9.72. The molecule has 0 amide bonds. The van der Waals surface area contributed by atoms with Crippen LogP contribution in [0.25, 0.3) is 21.9 Å². The van der Waals surface area contributed by atoms with Gasteiger partial charge in [-0.15, -0.1) is 0 Å². The fourth-order valence-corrected chi connectivity index (χ4v) is 5.67. The minimum Gasteiger partial charge on any atom is -0.461 e. The van der Waals surface area contributed by atoms with Gasteiger partial charge < -0.3 is 9.47 Å². The average Bonchev–Trinajstić information content (AvgIpc) is 3.02. The van der Waals surface area contributed by atoms with Crippen molar-refractivity contribution in [2.24, 2.45) is 0 Å². The molecule has 0 bridgehead atoms. The average molecular weight is 439 g/mol. The van der Waals surface area contributed by atoms with E-state index in [2.05, 4.69) is 0 Å². The van der Waals surface area contributed by atoms with Crippen molar-refractivity contribution in [2.45, 2.75) is 38.6 Å². The maximum Gasteiger partial charge on any atom is 0.302 e. The van der Waals surface area contributed by atoms with Crippen molar-refractivity contribution in [1.82, 2.24) is 0 Å². The molecule has 1 aliphatic heterocycles. The zero-order chi connectivity index (χ0) is 22.2. The van der Waals surface area contributed by atoms with Crippen LogP contribution in [0.15, 0.2) is 48.5 Å². The zero-order valence-electron chi connectivity index (χ0n) is 17.3. The monoisotopic (exact) mass is 438 g/mol. The third-order valence-electron chi connectivity index (χ3n) is 5.36. The first-order chi connectivity index (χ1) is 14.7. The van der Waals surface area contributed by atoms with Crippen LogP contribution in [0.5, 0.6) is 0 Å². The molecular formula is C24H22O6S. The Kier molecular flexibility index (Phi) is 5.54. The van der Waals surface area contributed by atoms with Gasteiger partial charge in [0.1, 0.15) is 13.2 Å². The number of hydrogen-bond acceptors (Lipinski definition) is 6. The molecule has 0 aliphatic carbocycles. The summed E-state index contributed by atoms with van der Waals surface area (Å²) in [6.45, 7) is 2.90. The lowest BCUT2D eigenvalue weighted by Crippen LogP contribution is -2.03. The van der Waals surface area contributed by atoms with Gasteiger partial charge >= 0.3 is 11.9 Å². The molecule has 1 aliphatic rings. The van der Waals surface area contributed by atoms with Crippen LogP contribution >= 0.6 is 0 Å². The topological polar surface area (TPSA) is 86.7 Å². The van der Waals surface area contributed by atoms with E-state index >= 15 is 0 Å².